The number of rotatable bonds is 8. The molecule has 7 nitrogen and oxygen atoms in total. The maximum absolute atomic E-state index is 9.98. The number of aliphatic hydroxyl groups excluding tert-OH is 2. The highest BCUT2D eigenvalue weighted by Crippen LogP contribution is 2.34. The van der Waals surface area contributed by atoms with Crippen molar-refractivity contribution in [2.45, 2.75) is 12.6 Å². The van der Waals surface area contributed by atoms with E-state index in [4.69, 9.17) is 23.7 Å². The summed E-state index contributed by atoms with van der Waals surface area (Å²) in [7, 11) is 0. The molecule has 2 heterocycles. The zero-order valence-corrected chi connectivity index (χ0v) is 17.5. The van der Waals surface area contributed by atoms with Crippen LogP contribution in [0.5, 0.6) is 0 Å². The first-order valence-electron chi connectivity index (χ1n) is 10.5. The fourth-order valence-electron chi connectivity index (χ4n) is 3.72. The van der Waals surface area contributed by atoms with Crippen LogP contribution >= 0.6 is 0 Å². The molecule has 0 aromatic heterocycles. The second-order valence-corrected chi connectivity index (χ2v) is 8.54. The molecule has 2 fully saturated rings. The van der Waals surface area contributed by atoms with E-state index in [2.05, 4.69) is 0 Å². The second-order valence-electron chi connectivity index (χ2n) is 8.54. The van der Waals surface area contributed by atoms with Crippen LogP contribution < -0.4 is 0 Å². The third kappa shape index (κ3) is 5.32. The van der Waals surface area contributed by atoms with Crippen LogP contribution in [0.15, 0.2) is 60.7 Å². The minimum Gasteiger partial charge on any atom is -0.396 e. The molecule has 0 amide bonds. The minimum atomic E-state index is -0.648. The molecule has 0 atom stereocenters. The molecule has 0 unspecified atom stereocenters. The Hall–Kier alpha value is -1.84. The first-order chi connectivity index (χ1) is 15.2. The molecule has 2 N–H and O–H groups in total. The lowest BCUT2D eigenvalue weighted by atomic mass is 9.89. The van der Waals surface area contributed by atoms with E-state index in [1.807, 2.05) is 60.7 Å². The monoisotopic (exact) mass is 430 g/mol. The average molecular weight is 430 g/mol. The van der Waals surface area contributed by atoms with Crippen molar-refractivity contribution < 1.29 is 33.9 Å². The Morgan fingerprint density at radius 1 is 0.645 bits per heavy atom. The van der Waals surface area contributed by atoms with Gasteiger partial charge in [-0.05, 0) is 0 Å². The van der Waals surface area contributed by atoms with Crippen molar-refractivity contribution in [3.05, 3.63) is 71.8 Å². The van der Waals surface area contributed by atoms with Crippen molar-refractivity contribution in [3.63, 3.8) is 0 Å². The summed E-state index contributed by atoms with van der Waals surface area (Å²) in [5.74, 6) is 0. The van der Waals surface area contributed by atoms with Crippen LogP contribution in [-0.2, 0) is 23.7 Å². The summed E-state index contributed by atoms with van der Waals surface area (Å²) in [5.41, 5.74) is 0.591. The summed E-state index contributed by atoms with van der Waals surface area (Å²) >= 11 is 0. The highest BCUT2D eigenvalue weighted by atomic mass is 16.7. The number of ether oxygens (including phenoxy) is 5. The smallest absolute Gasteiger partial charge is 0.183 e. The van der Waals surface area contributed by atoms with Gasteiger partial charge in [-0.3, -0.25) is 0 Å². The highest BCUT2D eigenvalue weighted by Gasteiger charge is 2.41. The Labute approximate surface area is 182 Å². The molecule has 0 saturated carbocycles. The normalized spacial score (nSPS) is 31.4. The van der Waals surface area contributed by atoms with Gasteiger partial charge in [0.2, 0.25) is 0 Å². The van der Waals surface area contributed by atoms with Crippen LogP contribution in [0.25, 0.3) is 0 Å². The van der Waals surface area contributed by atoms with Gasteiger partial charge in [0.05, 0.1) is 63.7 Å². The molecule has 2 saturated heterocycles. The molecule has 0 aliphatic carbocycles. The zero-order valence-electron chi connectivity index (χ0n) is 17.5. The Bertz CT molecular complexity index is 715. The van der Waals surface area contributed by atoms with Crippen LogP contribution in [0.2, 0.25) is 0 Å². The lowest BCUT2D eigenvalue weighted by Gasteiger charge is -2.41. The minimum absolute atomic E-state index is 0.121. The van der Waals surface area contributed by atoms with Gasteiger partial charge in [0.15, 0.2) is 12.6 Å². The van der Waals surface area contributed by atoms with Gasteiger partial charge in [0, 0.05) is 11.1 Å². The quantitative estimate of drug-likeness (QED) is 0.665. The maximum Gasteiger partial charge on any atom is 0.183 e. The van der Waals surface area contributed by atoms with E-state index in [0.29, 0.717) is 26.4 Å². The van der Waals surface area contributed by atoms with Crippen molar-refractivity contribution in [2.24, 2.45) is 10.8 Å². The van der Waals surface area contributed by atoms with E-state index in [-0.39, 0.29) is 26.4 Å². The molecule has 0 bridgehead atoms. The van der Waals surface area contributed by atoms with Crippen LogP contribution in [0, 0.1) is 10.8 Å². The molecule has 31 heavy (non-hydrogen) atoms. The Morgan fingerprint density at radius 2 is 1.00 bits per heavy atom. The number of aliphatic hydroxyl groups is 2. The fourth-order valence-corrected chi connectivity index (χ4v) is 3.72. The van der Waals surface area contributed by atoms with Gasteiger partial charge in [-0.25, -0.2) is 0 Å². The summed E-state index contributed by atoms with van der Waals surface area (Å²) in [5, 5.41) is 20.0. The summed E-state index contributed by atoms with van der Waals surface area (Å²) in [6.45, 7) is 1.52. The highest BCUT2D eigenvalue weighted by molar-refractivity contribution is 5.17. The van der Waals surface area contributed by atoms with E-state index in [1.54, 1.807) is 0 Å². The molecule has 2 aliphatic rings. The second kappa shape index (κ2) is 10.2. The Balaban J connectivity index is 1.27. The zero-order chi connectivity index (χ0) is 21.6. The van der Waals surface area contributed by atoms with Gasteiger partial charge in [0.25, 0.3) is 0 Å². The first-order valence-corrected chi connectivity index (χ1v) is 10.5. The van der Waals surface area contributed by atoms with Crippen molar-refractivity contribution in [1.82, 2.24) is 0 Å². The van der Waals surface area contributed by atoms with Crippen molar-refractivity contribution in [1.29, 1.82) is 0 Å². The third-order valence-corrected chi connectivity index (χ3v) is 5.79. The van der Waals surface area contributed by atoms with Crippen LogP contribution in [-0.4, -0.2) is 63.1 Å². The van der Waals surface area contributed by atoms with Crippen LogP contribution in [0.3, 0.4) is 0 Å². The summed E-state index contributed by atoms with van der Waals surface area (Å²) in [6, 6.07) is 19.4. The predicted octanol–water partition coefficient (Wildman–Crippen LogP) is 2.45. The van der Waals surface area contributed by atoms with Gasteiger partial charge in [-0.2, -0.15) is 0 Å². The molecule has 2 aromatic carbocycles. The van der Waals surface area contributed by atoms with E-state index in [9.17, 15) is 10.2 Å². The van der Waals surface area contributed by atoms with Crippen molar-refractivity contribution in [2.75, 3.05) is 52.9 Å². The first kappa shape index (κ1) is 22.4. The van der Waals surface area contributed by atoms with Crippen LogP contribution in [0.4, 0.5) is 0 Å². The Kier molecular flexibility index (Phi) is 7.35. The predicted molar refractivity (Wildman–Crippen MR) is 112 cm³/mol. The topological polar surface area (TPSA) is 86.6 Å². The SMILES string of the molecule is OCC1(COCC2(CO)COC(c3ccccc3)OC2)COC(c2ccccc2)OC1. The molecule has 0 radical (unpaired) electrons. The summed E-state index contributed by atoms with van der Waals surface area (Å²) in [4.78, 5) is 0. The van der Waals surface area contributed by atoms with Crippen molar-refractivity contribution >= 4 is 0 Å². The summed E-state index contributed by atoms with van der Waals surface area (Å²) in [6.07, 6.45) is -0.889. The van der Waals surface area contributed by atoms with E-state index >= 15 is 0 Å². The third-order valence-electron chi connectivity index (χ3n) is 5.79. The summed E-state index contributed by atoms with van der Waals surface area (Å²) < 4.78 is 29.4. The molecule has 168 valence electrons. The lowest BCUT2D eigenvalue weighted by molar-refractivity contribution is -0.267. The fraction of sp³-hybridized carbons (Fsp3) is 0.500. The van der Waals surface area contributed by atoms with Gasteiger partial charge in [-0.1, -0.05) is 60.7 Å². The van der Waals surface area contributed by atoms with E-state index in [1.165, 1.54) is 0 Å². The number of benzene rings is 2. The molecule has 0 spiro atoms. The van der Waals surface area contributed by atoms with Gasteiger partial charge < -0.3 is 33.9 Å². The molecule has 2 aromatic rings. The number of hydrogen-bond acceptors (Lipinski definition) is 7. The molecular formula is C24H30O7. The Morgan fingerprint density at radius 3 is 1.32 bits per heavy atom. The molecule has 2 aliphatic heterocycles. The molecule has 4 rings (SSSR count). The lowest BCUT2D eigenvalue weighted by Crippen LogP contribution is -2.48. The molecular weight excluding hydrogens is 400 g/mol. The largest absolute Gasteiger partial charge is 0.396 e. The van der Waals surface area contributed by atoms with Crippen molar-refractivity contribution in [3.8, 4) is 0 Å². The van der Waals surface area contributed by atoms with E-state index < -0.39 is 23.4 Å². The van der Waals surface area contributed by atoms with Gasteiger partial charge >= 0.3 is 0 Å². The maximum atomic E-state index is 9.98. The standard InChI is InChI=1S/C24H30O7/c25-11-23(15-28-21(29-16-23)19-7-3-1-4-8-19)13-27-14-24(12-26)17-30-22(31-18-24)20-9-5-2-6-10-20/h1-10,21-22,25-26H,11-18H2. The van der Waals surface area contributed by atoms with Gasteiger partial charge in [0.1, 0.15) is 0 Å². The van der Waals surface area contributed by atoms with Gasteiger partial charge in [-0.15, -0.1) is 0 Å². The number of hydrogen-bond donors (Lipinski definition) is 2. The molecule has 7 heteroatoms. The average Bonchev–Trinajstić information content (AvgIpc) is 2.86. The van der Waals surface area contributed by atoms with E-state index in [0.717, 1.165) is 11.1 Å². The van der Waals surface area contributed by atoms with Crippen LogP contribution in [0.1, 0.15) is 23.7 Å².